The number of thiazole rings is 2. The summed E-state index contributed by atoms with van der Waals surface area (Å²) in [6.45, 7) is 1.95. The molecule has 4 aromatic carbocycles. The van der Waals surface area contributed by atoms with Gasteiger partial charge in [-0.25, -0.2) is 32.7 Å². The number of fused-ring (bicyclic) bond motifs is 2. The molecule has 4 heterocycles. The van der Waals surface area contributed by atoms with Gasteiger partial charge in [0.2, 0.25) is 0 Å². The number of aromatic carboxylic acids is 2. The zero-order valence-corrected chi connectivity index (χ0v) is 29.9. The minimum absolute atomic E-state index is 0.0891. The van der Waals surface area contributed by atoms with E-state index in [1.807, 2.05) is 19.1 Å². The van der Waals surface area contributed by atoms with Gasteiger partial charge in [0.25, 0.3) is 10.4 Å². The summed E-state index contributed by atoms with van der Waals surface area (Å²) in [6.07, 6.45) is 4.38. The summed E-state index contributed by atoms with van der Waals surface area (Å²) in [4.78, 5) is 29.9. The lowest BCUT2D eigenvalue weighted by molar-refractivity contribution is 0.0691. The van der Waals surface area contributed by atoms with Crippen molar-refractivity contribution in [2.45, 2.75) is 44.8 Å². The topological polar surface area (TPSA) is 137 Å². The lowest BCUT2D eigenvalue weighted by Gasteiger charge is -2.27. The van der Waals surface area contributed by atoms with E-state index in [2.05, 4.69) is 9.97 Å². The van der Waals surface area contributed by atoms with Crippen molar-refractivity contribution in [2.75, 3.05) is 0 Å². The van der Waals surface area contributed by atoms with Crippen LogP contribution in [-0.4, -0.2) is 32.1 Å². The van der Waals surface area contributed by atoms with Crippen molar-refractivity contribution < 1.29 is 51.9 Å². The average Bonchev–Trinajstić information content (AvgIpc) is 3.84. The van der Waals surface area contributed by atoms with Gasteiger partial charge in [0, 0.05) is 5.56 Å². The molecule has 15 heteroatoms. The van der Waals surface area contributed by atoms with Crippen molar-refractivity contribution >= 4 is 34.6 Å². The fourth-order valence-electron chi connectivity index (χ4n) is 6.02. The first kappa shape index (κ1) is 36.4. The summed E-state index contributed by atoms with van der Waals surface area (Å²) in [5.74, 6) is -0.963. The molecule has 0 saturated carbocycles. The van der Waals surface area contributed by atoms with Gasteiger partial charge in [0.1, 0.15) is 62.4 Å². The van der Waals surface area contributed by atoms with Gasteiger partial charge in [-0.05, 0) is 122 Å². The number of hydrogen-bond donors (Lipinski definition) is 2. The highest BCUT2D eigenvalue weighted by molar-refractivity contribution is 7.15. The molecule has 0 radical (unpaired) electrons. The molecule has 2 aliphatic heterocycles. The third kappa shape index (κ3) is 8.32. The zero-order valence-electron chi connectivity index (χ0n) is 28.3. The summed E-state index contributed by atoms with van der Waals surface area (Å²) in [7, 11) is 0. The molecule has 10 nitrogen and oxygen atoms in total. The molecule has 276 valence electrons. The predicted molar refractivity (Wildman–Crippen MR) is 192 cm³/mol. The van der Waals surface area contributed by atoms with Gasteiger partial charge in [-0.3, -0.25) is 0 Å². The van der Waals surface area contributed by atoms with E-state index in [1.54, 1.807) is 30.3 Å². The van der Waals surface area contributed by atoms with E-state index < -0.39 is 29.7 Å². The Labute approximate surface area is 314 Å². The van der Waals surface area contributed by atoms with Crippen LogP contribution in [0.4, 0.5) is 13.2 Å². The van der Waals surface area contributed by atoms with Crippen LogP contribution < -0.4 is 18.9 Å². The third-order valence-electron chi connectivity index (χ3n) is 8.65. The number of carbonyl (C=O) groups is 2. The van der Waals surface area contributed by atoms with E-state index in [9.17, 15) is 22.8 Å². The highest BCUT2D eigenvalue weighted by Crippen LogP contribution is 2.40. The van der Waals surface area contributed by atoms with Gasteiger partial charge in [0.15, 0.2) is 0 Å². The Hall–Kier alpha value is -5.93. The summed E-state index contributed by atoms with van der Waals surface area (Å²) < 4.78 is 64.2. The van der Waals surface area contributed by atoms with Crippen LogP contribution in [0.2, 0.25) is 0 Å². The summed E-state index contributed by atoms with van der Waals surface area (Å²) in [6, 6.07) is 18.6. The van der Waals surface area contributed by atoms with Gasteiger partial charge < -0.3 is 29.2 Å². The smallest absolute Gasteiger partial charge is 0.347 e. The summed E-state index contributed by atoms with van der Waals surface area (Å²) in [5.41, 5.74) is 3.93. The number of ether oxygens (including phenoxy) is 4. The predicted octanol–water partition coefficient (Wildman–Crippen LogP) is 10.1. The Balaban J connectivity index is 0.000000167. The van der Waals surface area contributed by atoms with E-state index in [1.165, 1.54) is 24.5 Å². The molecule has 0 aliphatic carbocycles. The molecule has 2 aromatic heterocycles. The van der Waals surface area contributed by atoms with Crippen LogP contribution in [0.3, 0.4) is 0 Å². The van der Waals surface area contributed by atoms with Crippen molar-refractivity contribution in [1.82, 2.24) is 9.97 Å². The number of aryl methyl sites for hydroxylation is 3. The Kier molecular flexibility index (Phi) is 10.5. The minimum atomic E-state index is -1.06. The molecule has 2 N–H and O–H groups in total. The number of hydrogen-bond acceptors (Lipinski definition) is 10. The number of carboxylic acid groups (broad SMARTS) is 2. The van der Waals surface area contributed by atoms with Crippen molar-refractivity contribution in [3.8, 4) is 33.4 Å². The molecule has 2 aliphatic rings. The first-order chi connectivity index (χ1) is 26.0. The maximum atomic E-state index is 14.0. The number of nitrogens with zero attached hydrogens (tertiary/aromatic N) is 2. The molecule has 2 atom stereocenters. The molecule has 2 unspecified atom stereocenters. The van der Waals surface area contributed by atoms with Crippen LogP contribution in [0.15, 0.2) is 85.2 Å². The van der Waals surface area contributed by atoms with Crippen molar-refractivity contribution in [3.63, 3.8) is 0 Å². The number of rotatable bonds is 8. The van der Waals surface area contributed by atoms with Crippen LogP contribution in [0.5, 0.6) is 33.4 Å². The van der Waals surface area contributed by atoms with Crippen LogP contribution in [0.25, 0.3) is 0 Å². The molecule has 0 fully saturated rings. The highest BCUT2D eigenvalue weighted by atomic mass is 32.1. The molecule has 0 saturated heterocycles. The SMILES string of the molecule is Cc1ccc(F)cc1C1CCc2cc(Oc3ncc(C(=O)O)s3)ccc2O1.O=C(O)c1cnc(Oc2ccc3c(c2)CCC(c2cc(F)ccc2F)O3)s1. The second-order valence-corrected chi connectivity index (χ2v) is 14.3. The molecule has 0 spiro atoms. The van der Waals surface area contributed by atoms with Gasteiger partial charge in [0.05, 0.1) is 12.4 Å². The fourth-order valence-corrected chi connectivity index (χ4v) is 7.27. The number of carboxylic acids is 2. The average molecular weight is 775 g/mol. The molecule has 0 amide bonds. The van der Waals surface area contributed by atoms with E-state index in [-0.39, 0.29) is 37.6 Å². The van der Waals surface area contributed by atoms with Gasteiger partial charge in [-0.15, -0.1) is 0 Å². The Bertz CT molecular complexity index is 2200. The molecule has 6 aromatic rings. The standard InChI is InChI=1S/C20H16FNO4S.C19H13F2NO4S/c1-11-2-4-13(21)9-15(11)17-6-3-12-8-14(5-7-16(12)26-17)25-20-22-10-18(27-20)19(23)24;20-11-2-4-14(21)13(8-11)16-5-1-10-7-12(3-6-15(10)26-16)25-19-22-9-17(27-19)18(23)24/h2,4-5,7-10,17H,3,6H2,1H3,(H,23,24);2-4,6-9,16H,1,5H2,(H,23,24). The van der Waals surface area contributed by atoms with Crippen molar-refractivity contribution in [1.29, 1.82) is 0 Å². The quantitative estimate of drug-likeness (QED) is 0.154. The summed E-state index contributed by atoms with van der Waals surface area (Å²) >= 11 is 1.91. The normalized spacial score (nSPS) is 15.7. The first-order valence-electron chi connectivity index (χ1n) is 16.5. The third-order valence-corrected chi connectivity index (χ3v) is 10.4. The Morgan fingerprint density at radius 1 is 0.685 bits per heavy atom. The van der Waals surface area contributed by atoms with E-state index in [0.29, 0.717) is 30.1 Å². The first-order valence-corrected chi connectivity index (χ1v) is 18.2. The van der Waals surface area contributed by atoms with E-state index in [4.69, 9.17) is 29.2 Å². The second kappa shape index (κ2) is 15.6. The van der Waals surface area contributed by atoms with Crippen LogP contribution in [0.1, 0.15) is 72.2 Å². The highest BCUT2D eigenvalue weighted by Gasteiger charge is 2.26. The van der Waals surface area contributed by atoms with Gasteiger partial charge >= 0.3 is 11.9 Å². The maximum Gasteiger partial charge on any atom is 0.347 e. The van der Waals surface area contributed by atoms with Crippen molar-refractivity contribution in [3.05, 3.63) is 140 Å². The number of benzene rings is 4. The zero-order chi connectivity index (χ0) is 37.9. The van der Waals surface area contributed by atoms with Crippen LogP contribution in [-0.2, 0) is 12.8 Å². The molecule has 8 rings (SSSR count). The monoisotopic (exact) mass is 774 g/mol. The molecule has 54 heavy (non-hydrogen) atoms. The van der Waals surface area contributed by atoms with Crippen LogP contribution in [0, 0.1) is 24.4 Å². The lowest BCUT2D eigenvalue weighted by atomic mass is 9.94. The Morgan fingerprint density at radius 2 is 1.17 bits per heavy atom. The molecular weight excluding hydrogens is 746 g/mol. The largest absolute Gasteiger partial charge is 0.485 e. The molecular formula is C39H29F3N2O8S2. The number of halogens is 3. The summed E-state index contributed by atoms with van der Waals surface area (Å²) in [5, 5.41) is 18.4. The lowest BCUT2D eigenvalue weighted by Crippen LogP contribution is -2.16. The molecule has 0 bridgehead atoms. The van der Waals surface area contributed by atoms with Crippen LogP contribution >= 0.6 is 22.7 Å². The van der Waals surface area contributed by atoms with Gasteiger partial charge in [-0.1, -0.05) is 28.7 Å². The van der Waals surface area contributed by atoms with Crippen molar-refractivity contribution in [2.24, 2.45) is 0 Å². The van der Waals surface area contributed by atoms with E-state index >= 15 is 0 Å². The fraction of sp³-hybridized carbons (Fsp3) is 0.179. The second-order valence-electron chi connectivity index (χ2n) is 12.3. The number of aromatic nitrogens is 2. The van der Waals surface area contributed by atoms with E-state index in [0.717, 1.165) is 81.7 Å². The maximum absolute atomic E-state index is 14.0. The minimum Gasteiger partial charge on any atom is -0.485 e. The van der Waals surface area contributed by atoms with Gasteiger partial charge in [-0.2, -0.15) is 0 Å². The Morgan fingerprint density at radius 3 is 1.67 bits per heavy atom.